The Morgan fingerprint density at radius 3 is 2.16 bits per heavy atom. The number of nitrogens with zero attached hydrogens (tertiary/aromatic N) is 3. The molecule has 3 N–H and O–H groups in total. The van der Waals surface area contributed by atoms with Gasteiger partial charge in [-0.25, -0.2) is 14.8 Å². The van der Waals surface area contributed by atoms with Crippen molar-refractivity contribution < 1.29 is 24.0 Å². The maximum atomic E-state index is 12.3. The van der Waals surface area contributed by atoms with Gasteiger partial charge in [0, 0.05) is 11.3 Å². The first-order chi connectivity index (χ1) is 15.4. The molecule has 0 atom stereocenters. The molecule has 0 aliphatic heterocycles. The minimum atomic E-state index is -0.687. The highest BCUT2D eigenvalue weighted by atomic mass is 16.6. The number of aromatic nitrogens is 2. The lowest BCUT2D eigenvalue weighted by atomic mass is 10.2. The molecule has 12 heteroatoms. The number of amides is 1. The summed E-state index contributed by atoms with van der Waals surface area (Å²) in [4.78, 5) is 42.6. The fourth-order valence-corrected chi connectivity index (χ4v) is 2.61. The Balaban J connectivity index is 1.77. The van der Waals surface area contributed by atoms with Gasteiger partial charge in [-0.3, -0.25) is 25.8 Å². The lowest BCUT2D eigenvalue weighted by Gasteiger charge is -2.11. The van der Waals surface area contributed by atoms with Crippen molar-refractivity contribution in [1.29, 1.82) is 0 Å². The van der Waals surface area contributed by atoms with E-state index >= 15 is 0 Å². The zero-order valence-corrected chi connectivity index (χ0v) is 17.0. The van der Waals surface area contributed by atoms with E-state index in [1.54, 1.807) is 12.1 Å². The van der Waals surface area contributed by atoms with Crippen LogP contribution in [0.15, 0.2) is 54.9 Å². The third-order valence-corrected chi connectivity index (χ3v) is 4.22. The number of benzene rings is 2. The first kappa shape index (κ1) is 22.0. The summed E-state index contributed by atoms with van der Waals surface area (Å²) in [5, 5.41) is 14.5. The van der Waals surface area contributed by atoms with Gasteiger partial charge >= 0.3 is 11.7 Å². The van der Waals surface area contributed by atoms with Crippen LogP contribution in [-0.4, -0.2) is 41.0 Å². The number of hydrogen-bond acceptors (Lipinski definition) is 10. The Hall–Kier alpha value is -4.74. The fraction of sp³-hybridized carbons (Fsp3) is 0.100. The van der Waals surface area contributed by atoms with Gasteiger partial charge in [-0.2, -0.15) is 0 Å². The number of hydrazine groups is 1. The number of anilines is 3. The van der Waals surface area contributed by atoms with Crippen LogP contribution in [0.4, 0.5) is 23.0 Å². The summed E-state index contributed by atoms with van der Waals surface area (Å²) in [7, 11) is 2.77. The Morgan fingerprint density at radius 2 is 1.56 bits per heavy atom. The number of carbonyl (C=O) groups is 2. The molecule has 1 aromatic heterocycles. The average molecular weight is 438 g/mol. The van der Waals surface area contributed by atoms with Gasteiger partial charge in [0.05, 0.1) is 24.7 Å². The number of ether oxygens (including phenoxy) is 2. The number of nitrogens with one attached hydrogen (secondary N) is 3. The number of carbonyl (C=O) groups excluding carboxylic acids is 2. The average Bonchev–Trinajstić information content (AvgIpc) is 2.82. The number of methoxy groups -OCH3 is 2. The number of esters is 1. The topological polar surface area (TPSA) is 158 Å². The standard InChI is InChI=1S/C20H18N6O6/c1-31-15-9-5-12(6-10-15)19(27)25-24-18-16(26(29)30)17(21-11-22-18)23-14-7-3-13(4-8-14)20(28)32-2/h3-11H,1-2H3,(H,25,27)(H2,21,22,23,24). The predicted octanol–water partition coefficient (Wildman–Crippen LogP) is 2.68. The van der Waals surface area contributed by atoms with E-state index in [-0.39, 0.29) is 11.6 Å². The normalized spacial score (nSPS) is 10.1. The molecule has 1 heterocycles. The van der Waals surface area contributed by atoms with Gasteiger partial charge in [0.15, 0.2) is 0 Å². The number of nitro groups is 1. The smallest absolute Gasteiger partial charge is 0.355 e. The summed E-state index contributed by atoms with van der Waals surface area (Å²) in [6.07, 6.45) is 1.10. The predicted molar refractivity (Wildman–Crippen MR) is 114 cm³/mol. The molecule has 0 radical (unpaired) electrons. The molecule has 32 heavy (non-hydrogen) atoms. The molecule has 0 saturated carbocycles. The molecule has 0 saturated heterocycles. The largest absolute Gasteiger partial charge is 0.497 e. The van der Waals surface area contributed by atoms with E-state index < -0.39 is 22.5 Å². The molecule has 0 spiro atoms. The summed E-state index contributed by atoms with van der Waals surface area (Å²) in [6, 6.07) is 12.4. The van der Waals surface area contributed by atoms with Crippen molar-refractivity contribution in [1.82, 2.24) is 15.4 Å². The fourth-order valence-electron chi connectivity index (χ4n) is 2.61. The van der Waals surface area contributed by atoms with Gasteiger partial charge in [-0.05, 0) is 48.5 Å². The van der Waals surface area contributed by atoms with E-state index in [2.05, 4.69) is 30.9 Å². The molecule has 164 valence electrons. The third-order valence-electron chi connectivity index (χ3n) is 4.22. The Morgan fingerprint density at radius 1 is 0.938 bits per heavy atom. The van der Waals surface area contributed by atoms with E-state index in [9.17, 15) is 19.7 Å². The van der Waals surface area contributed by atoms with Crippen molar-refractivity contribution in [3.05, 3.63) is 76.1 Å². The first-order valence-corrected chi connectivity index (χ1v) is 9.08. The highest BCUT2D eigenvalue weighted by Crippen LogP contribution is 2.30. The summed E-state index contributed by atoms with van der Waals surface area (Å²) < 4.78 is 9.67. The second kappa shape index (κ2) is 9.84. The van der Waals surface area contributed by atoms with Crippen LogP contribution in [0.1, 0.15) is 20.7 Å². The number of hydrogen-bond donors (Lipinski definition) is 3. The minimum Gasteiger partial charge on any atom is -0.497 e. The zero-order valence-electron chi connectivity index (χ0n) is 17.0. The third kappa shape index (κ3) is 5.05. The van der Waals surface area contributed by atoms with Crippen molar-refractivity contribution in [2.45, 2.75) is 0 Å². The summed E-state index contributed by atoms with van der Waals surface area (Å²) in [6.45, 7) is 0. The van der Waals surface area contributed by atoms with E-state index in [4.69, 9.17) is 4.74 Å². The van der Waals surface area contributed by atoms with Crippen LogP contribution in [0.2, 0.25) is 0 Å². The summed E-state index contributed by atoms with van der Waals surface area (Å²) >= 11 is 0. The van der Waals surface area contributed by atoms with Crippen LogP contribution < -0.4 is 20.9 Å². The van der Waals surface area contributed by atoms with Gasteiger partial charge in [0.2, 0.25) is 11.6 Å². The molecule has 0 fully saturated rings. The zero-order chi connectivity index (χ0) is 23.1. The minimum absolute atomic E-state index is 0.114. The molecule has 0 aliphatic rings. The molecule has 12 nitrogen and oxygen atoms in total. The molecular weight excluding hydrogens is 420 g/mol. The SMILES string of the molecule is COC(=O)c1ccc(Nc2ncnc(NNC(=O)c3ccc(OC)cc3)c2[N+](=O)[O-])cc1. The molecule has 0 unspecified atom stereocenters. The van der Waals surface area contributed by atoms with E-state index in [0.717, 1.165) is 6.33 Å². The molecule has 0 bridgehead atoms. The van der Waals surface area contributed by atoms with Gasteiger partial charge in [0.25, 0.3) is 5.91 Å². The maximum Gasteiger partial charge on any atom is 0.355 e. The quantitative estimate of drug-likeness (QED) is 0.271. The van der Waals surface area contributed by atoms with E-state index in [0.29, 0.717) is 22.6 Å². The molecular formula is C20H18N6O6. The summed E-state index contributed by atoms with van der Waals surface area (Å²) in [5.41, 5.74) is 5.39. The Kier molecular flexibility index (Phi) is 6.75. The van der Waals surface area contributed by atoms with Gasteiger partial charge in [-0.15, -0.1) is 0 Å². The Bertz CT molecular complexity index is 1130. The monoisotopic (exact) mass is 438 g/mol. The number of rotatable bonds is 8. The molecule has 3 rings (SSSR count). The van der Waals surface area contributed by atoms with Crippen LogP contribution in [-0.2, 0) is 4.74 Å². The van der Waals surface area contributed by atoms with Gasteiger partial charge in [-0.1, -0.05) is 0 Å². The van der Waals surface area contributed by atoms with Crippen LogP contribution in [0.3, 0.4) is 0 Å². The Labute approximate surface area is 181 Å². The van der Waals surface area contributed by atoms with Crippen LogP contribution in [0.25, 0.3) is 0 Å². The summed E-state index contributed by atoms with van der Waals surface area (Å²) in [5.74, 6) is -0.800. The van der Waals surface area contributed by atoms with Crippen molar-refractivity contribution in [3.63, 3.8) is 0 Å². The lowest BCUT2D eigenvalue weighted by molar-refractivity contribution is -0.383. The van der Waals surface area contributed by atoms with E-state index in [1.165, 1.54) is 50.6 Å². The van der Waals surface area contributed by atoms with Crippen LogP contribution >= 0.6 is 0 Å². The van der Waals surface area contributed by atoms with Crippen molar-refractivity contribution in [3.8, 4) is 5.75 Å². The van der Waals surface area contributed by atoms with Crippen LogP contribution in [0.5, 0.6) is 5.75 Å². The van der Waals surface area contributed by atoms with Crippen molar-refractivity contribution in [2.75, 3.05) is 25.0 Å². The highest BCUT2D eigenvalue weighted by Gasteiger charge is 2.24. The van der Waals surface area contributed by atoms with Crippen molar-refractivity contribution >= 4 is 34.9 Å². The van der Waals surface area contributed by atoms with Gasteiger partial charge in [0.1, 0.15) is 12.1 Å². The second-order valence-electron chi connectivity index (χ2n) is 6.18. The maximum absolute atomic E-state index is 12.3. The lowest BCUT2D eigenvalue weighted by Crippen LogP contribution is -2.30. The first-order valence-electron chi connectivity index (χ1n) is 9.08. The second-order valence-corrected chi connectivity index (χ2v) is 6.18. The highest BCUT2D eigenvalue weighted by molar-refractivity contribution is 5.95. The molecule has 2 aromatic carbocycles. The van der Waals surface area contributed by atoms with E-state index in [1.807, 2.05) is 0 Å². The van der Waals surface area contributed by atoms with Gasteiger partial charge < -0.3 is 14.8 Å². The molecule has 1 amide bonds. The van der Waals surface area contributed by atoms with Crippen molar-refractivity contribution in [2.24, 2.45) is 0 Å². The molecule has 0 aliphatic carbocycles. The van der Waals surface area contributed by atoms with Crippen LogP contribution in [0, 0.1) is 10.1 Å². The molecule has 3 aromatic rings.